The van der Waals surface area contributed by atoms with E-state index < -0.39 is 0 Å². The van der Waals surface area contributed by atoms with E-state index >= 15 is 0 Å². The molecular weight excluding hydrogens is 310 g/mol. The molecule has 0 aliphatic rings. The highest BCUT2D eigenvalue weighted by atomic mass is 79.9. The summed E-state index contributed by atoms with van der Waals surface area (Å²) in [6.45, 7) is 8.17. The van der Waals surface area contributed by atoms with E-state index in [4.69, 9.17) is 0 Å². The van der Waals surface area contributed by atoms with Crippen LogP contribution >= 0.6 is 27.3 Å². The average molecular weight is 328 g/mol. The van der Waals surface area contributed by atoms with Crippen molar-refractivity contribution in [2.45, 2.75) is 39.4 Å². The van der Waals surface area contributed by atoms with Gasteiger partial charge in [-0.2, -0.15) is 0 Å². The molecule has 0 amide bonds. The number of thiophene rings is 1. The molecule has 0 bridgehead atoms. The Kier molecular flexibility index (Phi) is 4.25. The lowest BCUT2D eigenvalue weighted by Crippen LogP contribution is -2.35. The Morgan fingerprint density at radius 3 is 2.83 bits per heavy atom. The fourth-order valence-electron chi connectivity index (χ4n) is 1.60. The van der Waals surface area contributed by atoms with E-state index in [0.717, 1.165) is 23.4 Å². The van der Waals surface area contributed by atoms with Crippen LogP contribution in [0.4, 0.5) is 0 Å². The van der Waals surface area contributed by atoms with Gasteiger partial charge < -0.3 is 9.88 Å². The molecule has 2 aromatic heterocycles. The SMILES string of the molecule is CC(C)(C)NCc1nccn1Cc1cc(Br)cs1. The predicted octanol–water partition coefficient (Wildman–Crippen LogP) is 3.64. The second kappa shape index (κ2) is 5.55. The Bertz CT molecular complexity index is 510. The van der Waals surface area contributed by atoms with Crippen LogP contribution in [0.25, 0.3) is 0 Å². The van der Waals surface area contributed by atoms with Gasteiger partial charge in [-0.25, -0.2) is 4.98 Å². The topological polar surface area (TPSA) is 29.9 Å². The lowest BCUT2D eigenvalue weighted by atomic mass is 10.1. The molecule has 0 spiro atoms. The van der Waals surface area contributed by atoms with Crippen molar-refractivity contribution in [1.29, 1.82) is 0 Å². The highest BCUT2D eigenvalue weighted by Crippen LogP contribution is 2.21. The zero-order valence-corrected chi connectivity index (χ0v) is 13.3. The number of aromatic nitrogens is 2. The predicted molar refractivity (Wildman–Crippen MR) is 79.9 cm³/mol. The zero-order chi connectivity index (χ0) is 13.2. The summed E-state index contributed by atoms with van der Waals surface area (Å²) < 4.78 is 3.34. The van der Waals surface area contributed by atoms with Crippen molar-refractivity contribution in [3.63, 3.8) is 0 Å². The Morgan fingerprint density at radius 2 is 2.22 bits per heavy atom. The van der Waals surface area contributed by atoms with Gasteiger partial charge in [0, 0.05) is 32.7 Å². The molecule has 98 valence electrons. The molecule has 2 aromatic rings. The minimum Gasteiger partial charge on any atom is -0.329 e. The molecule has 0 aromatic carbocycles. The van der Waals surface area contributed by atoms with Crippen LogP contribution in [0.5, 0.6) is 0 Å². The van der Waals surface area contributed by atoms with Crippen LogP contribution in [-0.4, -0.2) is 15.1 Å². The van der Waals surface area contributed by atoms with Crippen molar-refractivity contribution in [1.82, 2.24) is 14.9 Å². The lowest BCUT2D eigenvalue weighted by Gasteiger charge is -2.20. The first-order valence-electron chi connectivity index (χ1n) is 5.92. The third kappa shape index (κ3) is 3.93. The zero-order valence-electron chi connectivity index (χ0n) is 10.9. The molecular formula is C13H18BrN3S. The van der Waals surface area contributed by atoms with E-state index in [1.54, 1.807) is 11.3 Å². The maximum absolute atomic E-state index is 4.42. The highest BCUT2D eigenvalue weighted by Gasteiger charge is 2.11. The van der Waals surface area contributed by atoms with Gasteiger partial charge in [0.05, 0.1) is 13.1 Å². The van der Waals surface area contributed by atoms with Crippen molar-refractivity contribution in [2.24, 2.45) is 0 Å². The van der Waals surface area contributed by atoms with Crippen LogP contribution in [0.15, 0.2) is 28.3 Å². The van der Waals surface area contributed by atoms with Crippen LogP contribution in [-0.2, 0) is 13.1 Å². The molecule has 0 fully saturated rings. The summed E-state index contributed by atoms with van der Waals surface area (Å²) in [6, 6.07) is 2.16. The average Bonchev–Trinajstić information content (AvgIpc) is 2.85. The van der Waals surface area contributed by atoms with Crippen LogP contribution in [0.2, 0.25) is 0 Å². The molecule has 0 saturated carbocycles. The second-order valence-electron chi connectivity index (χ2n) is 5.31. The van der Waals surface area contributed by atoms with E-state index in [9.17, 15) is 0 Å². The van der Waals surface area contributed by atoms with Crippen LogP contribution in [0.3, 0.4) is 0 Å². The third-order valence-corrected chi connectivity index (χ3v) is 4.21. The van der Waals surface area contributed by atoms with Gasteiger partial charge in [0.1, 0.15) is 5.82 Å². The molecule has 3 nitrogen and oxygen atoms in total. The minimum atomic E-state index is 0.114. The van der Waals surface area contributed by atoms with Crippen LogP contribution in [0.1, 0.15) is 31.5 Å². The fraction of sp³-hybridized carbons (Fsp3) is 0.462. The number of hydrogen-bond donors (Lipinski definition) is 1. The first kappa shape index (κ1) is 13.8. The molecule has 18 heavy (non-hydrogen) atoms. The second-order valence-corrected chi connectivity index (χ2v) is 7.22. The van der Waals surface area contributed by atoms with E-state index in [0.29, 0.717) is 0 Å². The number of nitrogens with one attached hydrogen (secondary N) is 1. The maximum atomic E-state index is 4.42. The molecule has 5 heteroatoms. The van der Waals surface area contributed by atoms with E-state index in [1.165, 1.54) is 4.88 Å². The summed E-state index contributed by atoms with van der Waals surface area (Å²) in [5.41, 5.74) is 0.114. The normalized spacial score (nSPS) is 12.0. The van der Waals surface area contributed by atoms with Gasteiger partial charge in [-0.15, -0.1) is 11.3 Å². The fourth-order valence-corrected chi connectivity index (χ4v) is 3.05. The molecule has 0 atom stereocenters. The molecule has 0 saturated heterocycles. The molecule has 0 aliphatic heterocycles. The summed E-state index contributed by atoms with van der Waals surface area (Å²) in [6.07, 6.45) is 3.90. The summed E-state index contributed by atoms with van der Waals surface area (Å²) in [5.74, 6) is 1.08. The minimum absolute atomic E-state index is 0.114. The van der Waals surface area contributed by atoms with Gasteiger partial charge in [0.25, 0.3) is 0 Å². The lowest BCUT2D eigenvalue weighted by molar-refractivity contribution is 0.413. The highest BCUT2D eigenvalue weighted by molar-refractivity contribution is 9.10. The molecule has 2 rings (SSSR count). The molecule has 0 radical (unpaired) electrons. The van der Waals surface area contributed by atoms with E-state index in [-0.39, 0.29) is 5.54 Å². The molecule has 2 heterocycles. The Balaban J connectivity index is 2.03. The van der Waals surface area contributed by atoms with E-state index in [2.05, 4.69) is 63.0 Å². The summed E-state index contributed by atoms with van der Waals surface area (Å²) >= 11 is 5.25. The van der Waals surface area contributed by atoms with Gasteiger partial charge in [-0.05, 0) is 42.8 Å². The van der Waals surface area contributed by atoms with Gasteiger partial charge in [0.2, 0.25) is 0 Å². The van der Waals surface area contributed by atoms with Gasteiger partial charge in [-0.1, -0.05) is 0 Å². The van der Waals surface area contributed by atoms with Gasteiger partial charge in [-0.3, -0.25) is 0 Å². The number of hydrogen-bond acceptors (Lipinski definition) is 3. The van der Waals surface area contributed by atoms with Crippen LogP contribution in [0, 0.1) is 0 Å². The number of rotatable bonds is 4. The van der Waals surface area contributed by atoms with E-state index in [1.807, 2.05) is 12.4 Å². The van der Waals surface area contributed by atoms with Gasteiger partial charge in [0.15, 0.2) is 0 Å². The Labute approximate surface area is 120 Å². The Morgan fingerprint density at radius 1 is 1.44 bits per heavy atom. The largest absolute Gasteiger partial charge is 0.329 e. The van der Waals surface area contributed by atoms with Crippen molar-refractivity contribution in [3.8, 4) is 0 Å². The standard InChI is InChI=1S/C13H18BrN3S/c1-13(2,3)16-7-12-15-4-5-17(12)8-11-6-10(14)9-18-11/h4-6,9,16H,7-8H2,1-3H3. The molecule has 0 unspecified atom stereocenters. The number of imidazole rings is 1. The summed E-state index contributed by atoms with van der Waals surface area (Å²) in [4.78, 5) is 5.75. The number of halogens is 1. The van der Waals surface area contributed by atoms with Crippen molar-refractivity contribution in [2.75, 3.05) is 0 Å². The monoisotopic (exact) mass is 327 g/mol. The van der Waals surface area contributed by atoms with Crippen LogP contribution < -0.4 is 5.32 Å². The molecule has 1 N–H and O–H groups in total. The van der Waals surface area contributed by atoms with Crippen molar-refractivity contribution < 1.29 is 0 Å². The maximum Gasteiger partial charge on any atom is 0.122 e. The van der Waals surface area contributed by atoms with Gasteiger partial charge >= 0.3 is 0 Å². The molecule has 0 aliphatic carbocycles. The first-order valence-corrected chi connectivity index (χ1v) is 7.59. The Hall–Kier alpha value is -0.650. The summed E-state index contributed by atoms with van der Waals surface area (Å²) in [7, 11) is 0. The third-order valence-electron chi connectivity index (χ3n) is 2.53. The summed E-state index contributed by atoms with van der Waals surface area (Å²) in [5, 5.41) is 5.58. The smallest absolute Gasteiger partial charge is 0.122 e. The van der Waals surface area contributed by atoms with Crippen molar-refractivity contribution >= 4 is 27.3 Å². The van der Waals surface area contributed by atoms with Crippen molar-refractivity contribution in [3.05, 3.63) is 39.0 Å². The first-order chi connectivity index (χ1) is 8.44. The quantitative estimate of drug-likeness (QED) is 0.929. The number of nitrogens with zero attached hydrogens (tertiary/aromatic N) is 2.